The van der Waals surface area contributed by atoms with E-state index in [1.165, 1.54) is 0 Å². The number of hydrogen-bond acceptors (Lipinski definition) is 2. The van der Waals surface area contributed by atoms with Crippen LogP contribution in [0.4, 0.5) is 0 Å². The first-order chi connectivity index (χ1) is 7.19. The van der Waals surface area contributed by atoms with Crippen molar-refractivity contribution >= 4 is 5.91 Å². The second kappa shape index (κ2) is 3.39. The molecule has 0 bridgehead atoms. The standard InChI is InChI=1S/C12H12N2O/c1-3-14-11(7-13)10-6-8(2)4-5-9(10)12(14)15/h4-6,11H,3H2,1-2H3. The summed E-state index contributed by atoms with van der Waals surface area (Å²) < 4.78 is 0. The highest BCUT2D eigenvalue weighted by molar-refractivity contribution is 5.99. The fourth-order valence-corrected chi connectivity index (χ4v) is 2.01. The maximum atomic E-state index is 11.9. The highest BCUT2D eigenvalue weighted by Crippen LogP contribution is 2.33. The van der Waals surface area contributed by atoms with Crippen LogP contribution < -0.4 is 0 Å². The summed E-state index contributed by atoms with van der Waals surface area (Å²) in [6.07, 6.45) is 0. The van der Waals surface area contributed by atoms with Crippen molar-refractivity contribution in [2.75, 3.05) is 6.54 Å². The molecule has 1 amide bonds. The van der Waals surface area contributed by atoms with Gasteiger partial charge in [0, 0.05) is 17.7 Å². The Labute approximate surface area is 88.9 Å². The van der Waals surface area contributed by atoms with E-state index in [-0.39, 0.29) is 5.91 Å². The number of nitriles is 1. The van der Waals surface area contributed by atoms with Crippen LogP contribution in [0, 0.1) is 18.3 Å². The number of fused-ring (bicyclic) bond motifs is 1. The van der Waals surface area contributed by atoms with Gasteiger partial charge in [-0.2, -0.15) is 5.26 Å². The van der Waals surface area contributed by atoms with Crippen molar-refractivity contribution in [2.24, 2.45) is 0 Å². The molecular formula is C12H12N2O. The third-order valence-corrected chi connectivity index (χ3v) is 2.77. The van der Waals surface area contributed by atoms with E-state index < -0.39 is 6.04 Å². The molecule has 1 aliphatic rings. The van der Waals surface area contributed by atoms with Crippen LogP contribution in [0.2, 0.25) is 0 Å². The van der Waals surface area contributed by atoms with Crippen LogP contribution in [0.1, 0.15) is 34.5 Å². The van der Waals surface area contributed by atoms with E-state index in [1.54, 1.807) is 4.90 Å². The van der Waals surface area contributed by atoms with Crippen molar-refractivity contribution in [3.63, 3.8) is 0 Å². The summed E-state index contributed by atoms with van der Waals surface area (Å²) in [6.45, 7) is 4.43. The molecular weight excluding hydrogens is 188 g/mol. The average molecular weight is 200 g/mol. The third-order valence-electron chi connectivity index (χ3n) is 2.77. The summed E-state index contributed by atoms with van der Waals surface area (Å²) in [6, 6.07) is 7.43. The molecule has 0 aromatic heterocycles. The van der Waals surface area contributed by atoms with Crippen molar-refractivity contribution in [1.82, 2.24) is 4.90 Å². The fourth-order valence-electron chi connectivity index (χ4n) is 2.01. The molecule has 0 aliphatic carbocycles. The highest BCUT2D eigenvalue weighted by atomic mass is 16.2. The lowest BCUT2D eigenvalue weighted by Crippen LogP contribution is -2.26. The number of benzene rings is 1. The van der Waals surface area contributed by atoms with Crippen molar-refractivity contribution in [3.05, 3.63) is 34.9 Å². The summed E-state index contributed by atoms with van der Waals surface area (Å²) in [7, 11) is 0. The minimum absolute atomic E-state index is 0.0287. The van der Waals surface area contributed by atoms with Crippen LogP contribution in [0.25, 0.3) is 0 Å². The molecule has 1 atom stereocenters. The number of aryl methyl sites for hydroxylation is 1. The number of carbonyl (C=O) groups is 1. The molecule has 0 spiro atoms. The largest absolute Gasteiger partial charge is 0.319 e. The molecule has 15 heavy (non-hydrogen) atoms. The van der Waals surface area contributed by atoms with E-state index in [4.69, 9.17) is 5.26 Å². The normalized spacial score (nSPS) is 18.9. The molecule has 1 aliphatic heterocycles. The van der Waals surface area contributed by atoms with Crippen molar-refractivity contribution in [3.8, 4) is 6.07 Å². The van der Waals surface area contributed by atoms with Crippen molar-refractivity contribution in [2.45, 2.75) is 19.9 Å². The van der Waals surface area contributed by atoms with Gasteiger partial charge in [-0.05, 0) is 19.9 Å². The van der Waals surface area contributed by atoms with E-state index in [9.17, 15) is 4.79 Å². The zero-order chi connectivity index (χ0) is 11.0. The summed E-state index contributed by atoms with van der Waals surface area (Å²) in [5, 5.41) is 9.08. The highest BCUT2D eigenvalue weighted by Gasteiger charge is 2.35. The van der Waals surface area contributed by atoms with Crippen LogP contribution in [-0.2, 0) is 0 Å². The summed E-state index contributed by atoms with van der Waals surface area (Å²) >= 11 is 0. The maximum Gasteiger partial charge on any atom is 0.255 e. The SMILES string of the molecule is CCN1C(=O)c2ccc(C)cc2C1C#N. The second-order valence-corrected chi connectivity index (χ2v) is 3.71. The van der Waals surface area contributed by atoms with Crippen LogP contribution >= 0.6 is 0 Å². The lowest BCUT2D eigenvalue weighted by molar-refractivity contribution is 0.0767. The monoisotopic (exact) mass is 200 g/mol. The summed E-state index contributed by atoms with van der Waals surface area (Å²) in [4.78, 5) is 13.5. The van der Waals surface area contributed by atoms with Gasteiger partial charge < -0.3 is 4.90 Å². The molecule has 0 saturated heterocycles. The number of hydrogen-bond donors (Lipinski definition) is 0. The first-order valence-electron chi connectivity index (χ1n) is 5.00. The first kappa shape index (κ1) is 9.72. The first-order valence-corrected chi connectivity index (χ1v) is 5.00. The lowest BCUT2D eigenvalue weighted by Gasteiger charge is -2.16. The van der Waals surface area contributed by atoms with E-state index in [0.29, 0.717) is 12.1 Å². The predicted molar refractivity (Wildman–Crippen MR) is 56.2 cm³/mol. The Hall–Kier alpha value is -1.82. The fraction of sp³-hybridized carbons (Fsp3) is 0.333. The van der Waals surface area contributed by atoms with Crippen LogP contribution in [0.3, 0.4) is 0 Å². The summed E-state index contributed by atoms with van der Waals surface area (Å²) in [5.74, 6) is -0.0287. The van der Waals surface area contributed by atoms with Gasteiger partial charge in [0.15, 0.2) is 0 Å². The molecule has 2 rings (SSSR count). The van der Waals surface area contributed by atoms with Crippen LogP contribution in [0.15, 0.2) is 18.2 Å². The van der Waals surface area contributed by atoms with Gasteiger partial charge in [0.05, 0.1) is 6.07 Å². The molecule has 3 heteroatoms. The van der Waals surface area contributed by atoms with Gasteiger partial charge >= 0.3 is 0 Å². The van der Waals surface area contributed by atoms with Gasteiger partial charge in [-0.15, -0.1) is 0 Å². The van der Waals surface area contributed by atoms with Gasteiger partial charge in [0.25, 0.3) is 5.91 Å². The van der Waals surface area contributed by atoms with E-state index in [2.05, 4.69) is 6.07 Å². The number of amides is 1. The smallest absolute Gasteiger partial charge is 0.255 e. The Morgan fingerprint density at radius 1 is 1.53 bits per heavy atom. The molecule has 76 valence electrons. The quantitative estimate of drug-likeness (QED) is 0.696. The van der Waals surface area contributed by atoms with E-state index >= 15 is 0 Å². The lowest BCUT2D eigenvalue weighted by atomic mass is 10.0. The van der Waals surface area contributed by atoms with Crippen molar-refractivity contribution in [1.29, 1.82) is 5.26 Å². The Kier molecular flexibility index (Phi) is 2.20. The summed E-state index contributed by atoms with van der Waals surface area (Å²) in [5.41, 5.74) is 2.61. The zero-order valence-corrected chi connectivity index (χ0v) is 8.82. The predicted octanol–water partition coefficient (Wildman–Crippen LogP) is 2.04. The van der Waals surface area contributed by atoms with Gasteiger partial charge in [-0.1, -0.05) is 17.7 Å². The number of carbonyl (C=O) groups excluding carboxylic acids is 1. The number of rotatable bonds is 1. The minimum atomic E-state index is -0.405. The molecule has 0 radical (unpaired) electrons. The zero-order valence-electron chi connectivity index (χ0n) is 8.82. The molecule has 0 N–H and O–H groups in total. The molecule has 3 nitrogen and oxygen atoms in total. The molecule has 0 fully saturated rings. The minimum Gasteiger partial charge on any atom is -0.319 e. The Balaban J connectivity index is 2.58. The van der Waals surface area contributed by atoms with Crippen LogP contribution in [0.5, 0.6) is 0 Å². The van der Waals surface area contributed by atoms with Gasteiger partial charge in [0.2, 0.25) is 0 Å². The topological polar surface area (TPSA) is 44.1 Å². The second-order valence-electron chi connectivity index (χ2n) is 3.71. The van der Waals surface area contributed by atoms with Gasteiger partial charge in [-0.25, -0.2) is 0 Å². The van der Waals surface area contributed by atoms with E-state index in [1.807, 2.05) is 32.0 Å². The molecule has 1 heterocycles. The molecule has 1 aromatic carbocycles. The van der Waals surface area contributed by atoms with Gasteiger partial charge in [0.1, 0.15) is 6.04 Å². The van der Waals surface area contributed by atoms with E-state index in [0.717, 1.165) is 11.1 Å². The van der Waals surface area contributed by atoms with Gasteiger partial charge in [-0.3, -0.25) is 4.79 Å². The molecule has 1 unspecified atom stereocenters. The molecule has 1 aromatic rings. The molecule has 0 saturated carbocycles. The van der Waals surface area contributed by atoms with Crippen LogP contribution in [-0.4, -0.2) is 17.4 Å². The maximum absolute atomic E-state index is 11.9. The average Bonchev–Trinajstić information content (AvgIpc) is 2.50. The Bertz CT molecular complexity index is 459. The van der Waals surface area contributed by atoms with Crippen molar-refractivity contribution < 1.29 is 4.79 Å². The number of nitrogens with zero attached hydrogens (tertiary/aromatic N) is 2. The Morgan fingerprint density at radius 3 is 2.87 bits per heavy atom. The third kappa shape index (κ3) is 1.30. The Morgan fingerprint density at radius 2 is 2.27 bits per heavy atom.